The molecule has 13 rings (SSSR count). The first-order chi connectivity index (χ1) is 30.2. The molecular formula is C56H34N4S. The van der Waals surface area contributed by atoms with Crippen LogP contribution in [-0.4, -0.2) is 19.1 Å². The SMILES string of the molecule is c1ccc(-c2cc3c(-c4ccccc4)nc(-n4c5ccc(-c6ccc7c(c6)c6c8ccccc8ccc6n7-c6ccccc6)cc5c5ccc6ccccc6c54)nc3s2)cc1. The molecular weight excluding hydrogens is 761 g/mol. The lowest BCUT2D eigenvalue weighted by molar-refractivity contribution is 1.02. The average Bonchev–Trinajstić information content (AvgIpc) is 4.02. The summed E-state index contributed by atoms with van der Waals surface area (Å²) < 4.78 is 4.70. The fraction of sp³-hybridized carbons (Fsp3) is 0. The van der Waals surface area contributed by atoms with Crippen molar-refractivity contribution in [3.63, 3.8) is 0 Å². The van der Waals surface area contributed by atoms with Crippen LogP contribution in [0.3, 0.4) is 0 Å². The highest BCUT2D eigenvalue weighted by Gasteiger charge is 2.22. The average molecular weight is 795 g/mol. The molecule has 0 fully saturated rings. The van der Waals surface area contributed by atoms with E-state index in [0.29, 0.717) is 5.95 Å². The Balaban J connectivity index is 1.07. The lowest BCUT2D eigenvalue weighted by Crippen LogP contribution is -2.02. The summed E-state index contributed by atoms with van der Waals surface area (Å²) in [7, 11) is 0. The minimum absolute atomic E-state index is 0.666. The van der Waals surface area contributed by atoms with E-state index in [1.165, 1.54) is 64.7 Å². The predicted molar refractivity (Wildman–Crippen MR) is 257 cm³/mol. The molecule has 0 aliphatic rings. The van der Waals surface area contributed by atoms with Crippen molar-refractivity contribution in [2.24, 2.45) is 0 Å². The molecule has 13 aromatic rings. The van der Waals surface area contributed by atoms with E-state index in [1.807, 2.05) is 0 Å². The van der Waals surface area contributed by atoms with Crippen molar-refractivity contribution in [3.8, 4) is 44.5 Å². The van der Waals surface area contributed by atoms with Crippen LogP contribution in [0, 0.1) is 0 Å². The Morgan fingerprint density at radius 2 is 0.951 bits per heavy atom. The second-order valence-electron chi connectivity index (χ2n) is 15.8. The van der Waals surface area contributed by atoms with Crippen molar-refractivity contribution in [1.82, 2.24) is 19.1 Å². The summed E-state index contributed by atoms with van der Waals surface area (Å²) in [6, 6.07) is 74.4. The summed E-state index contributed by atoms with van der Waals surface area (Å²) in [5.74, 6) is 0.666. The van der Waals surface area contributed by atoms with E-state index < -0.39 is 0 Å². The number of para-hydroxylation sites is 1. The number of aromatic nitrogens is 4. The maximum Gasteiger partial charge on any atom is 0.236 e. The topological polar surface area (TPSA) is 35.6 Å². The van der Waals surface area contributed by atoms with Crippen LogP contribution in [0.5, 0.6) is 0 Å². The minimum atomic E-state index is 0.666. The number of rotatable bonds is 5. The molecule has 0 unspecified atom stereocenters. The van der Waals surface area contributed by atoms with Gasteiger partial charge in [0.1, 0.15) is 4.83 Å². The van der Waals surface area contributed by atoms with Crippen molar-refractivity contribution >= 4 is 86.7 Å². The van der Waals surface area contributed by atoms with E-state index in [2.05, 4.69) is 215 Å². The summed E-state index contributed by atoms with van der Waals surface area (Å²) in [6.45, 7) is 0. The molecule has 0 spiro atoms. The first kappa shape index (κ1) is 34.0. The third-order valence-electron chi connectivity index (χ3n) is 12.3. The molecule has 5 heteroatoms. The number of nitrogens with zero attached hydrogens (tertiary/aromatic N) is 4. The summed E-state index contributed by atoms with van der Waals surface area (Å²) in [5.41, 5.74) is 11.2. The van der Waals surface area contributed by atoms with Crippen LogP contribution in [0.2, 0.25) is 0 Å². The number of hydrogen-bond acceptors (Lipinski definition) is 3. The van der Waals surface area contributed by atoms with Crippen molar-refractivity contribution in [1.29, 1.82) is 0 Å². The number of thiophene rings is 1. The van der Waals surface area contributed by atoms with Crippen LogP contribution in [-0.2, 0) is 0 Å². The van der Waals surface area contributed by atoms with Gasteiger partial charge in [-0.15, -0.1) is 11.3 Å². The zero-order valence-electron chi connectivity index (χ0n) is 32.8. The van der Waals surface area contributed by atoms with Crippen LogP contribution < -0.4 is 0 Å². The van der Waals surface area contributed by atoms with Gasteiger partial charge in [0.25, 0.3) is 0 Å². The second-order valence-corrected chi connectivity index (χ2v) is 16.8. The van der Waals surface area contributed by atoms with Crippen LogP contribution in [0.25, 0.3) is 120 Å². The van der Waals surface area contributed by atoms with Crippen LogP contribution in [0.1, 0.15) is 0 Å². The summed E-state index contributed by atoms with van der Waals surface area (Å²) in [5, 5.41) is 10.7. The number of hydrogen-bond donors (Lipinski definition) is 0. The van der Waals surface area contributed by atoms with E-state index in [-0.39, 0.29) is 0 Å². The Morgan fingerprint density at radius 3 is 1.70 bits per heavy atom. The summed E-state index contributed by atoms with van der Waals surface area (Å²) in [4.78, 5) is 13.0. The first-order valence-corrected chi connectivity index (χ1v) is 21.5. The molecule has 284 valence electrons. The Labute approximate surface area is 354 Å². The van der Waals surface area contributed by atoms with Crippen molar-refractivity contribution < 1.29 is 0 Å². The first-order valence-electron chi connectivity index (χ1n) is 20.7. The van der Waals surface area contributed by atoms with Crippen LogP contribution in [0.15, 0.2) is 206 Å². The smallest absolute Gasteiger partial charge is 0.236 e. The highest BCUT2D eigenvalue weighted by Crippen LogP contribution is 2.43. The Kier molecular flexibility index (Phi) is 7.44. The van der Waals surface area contributed by atoms with E-state index >= 15 is 0 Å². The fourth-order valence-electron chi connectivity index (χ4n) is 9.56. The maximum absolute atomic E-state index is 5.48. The van der Waals surface area contributed by atoms with Crippen LogP contribution >= 0.6 is 11.3 Å². The standard InChI is InChI=1S/C56H34N4S/c1-4-16-37(17-5-1)51-34-47-53(38-18-6-2-7-19-38)57-56(58-55(47)61-51)60-48-29-26-39(32-45(48)44-28-24-36-15-11-13-23-43(36)54(44)60)40-27-30-49-46(33-40)52-42-22-12-10-14-35(42)25-31-50(52)59(49)41-20-8-3-9-21-41/h1-34H. The third-order valence-corrected chi connectivity index (χ3v) is 13.4. The number of benzene rings is 9. The van der Waals surface area contributed by atoms with Crippen molar-refractivity contribution in [2.75, 3.05) is 0 Å². The van der Waals surface area contributed by atoms with E-state index in [4.69, 9.17) is 9.97 Å². The van der Waals surface area contributed by atoms with Gasteiger partial charge in [0.15, 0.2) is 0 Å². The molecule has 0 bridgehead atoms. The van der Waals surface area contributed by atoms with Gasteiger partial charge in [-0.2, -0.15) is 0 Å². The highest BCUT2D eigenvalue weighted by atomic mass is 32.1. The molecule has 0 aliphatic heterocycles. The van der Waals surface area contributed by atoms with Gasteiger partial charge in [0, 0.05) is 48.4 Å². The van der Waals surface area contributed by atoms with Crippen molar-refractivity contribution in [2.45, 2.75) is 0 Å². The van der Waals surface area contributed by atoms with E-state index in [0.717, 1.165) is 49.1 Å². The Bertz CT molecular complexity index is 3860. The van der Waals surface area contributed by atoms with Gasteiger partial charge in [0.05, 0.1) is 27.8 Å². The summed E-state index contributed by atoms with van der Waals surface area (Å²) >= 11 is 1.72. The lowest BCUT2D eigenvalue weighted by atomic mass is 9.98. The molecule has 61 heavy (non-hydrogen) atoms. The molecule has 0 saturated carbocycles. The van der Waals surface area contributed by atoms with Gasteiger partial charge in [-0.3, -0.25) is 4.57 Å². The quantitative estimate of drug-likeness (QED) is 0.174. The van der Waals surface area contributed by atoms with Gasteiger partial charge >= 0.3 is 0 Å². The van der Waals surface area contributed by atoms with Crippen LogP contribution in [0.4, 0.5) is 0 Å². The zero-order valence-corrected chi connectivity index (χ0v) is 33.6. The van der Waals surface area contributed by atoms with E-state index in [9.17, 15) is 0 Å². The molecule has 4 aromatic heterocycles. The molecule has 0 amide bonds. The second kappa shape index (κ2) is 13.3. The molecule has 9 aromatic carbocycles. The zero-order chi connectivity index (χ0) is 40.0. The van der Waals surface area contributed by atoms with E-state index in [1.54, 1.807) is 11.3 Å². The lowest BCUT2D eigenvalue weighted by Gasteiger charge is -2.11. The van der Waals surface area contributed by atoms with Gasteiger partial charge in [0.2, 0.25) is 5.95 Å². The molecule has 0 aliphatic carbocycles. The number of fused-ring (bicyclic) bond motifs is 11. The Morgan fingerprint density at radius 1 is 0.361 bits per heavy atom. The highest BCUT2D eigenvalue weighted by molar-refractivity contribution is 7.21. The Hall–Kier alpha value is -7.86. The molecule has 0 radical (unpaired) electrons. The molecule has 0 N–H and O–H groups in total. The third kappa shape index (κ3) is 5.24. The molecule has 0 atom stereocenters. The minimum Gasteiger partial charge on any atom is -0.309 e. The molecule has 4 nitrogen and oxygen atoms in total. The predicted octanol–water partition coefficient (Wildman–Crippen LogP) is 15.2. The molecule has 4 heterocycles. The maximum atomic E-state index is 5.48. The summed E-state index contributed by atoms with van der Waals surface area (Å²) in [6.07, 6.45) is 0. The molecule has 0 saturated heterocycles. The fourth-order valence-corrected chi connectivity index (χ4v) is 10.6. The monoisotopic (exact) mass is 794 g/mol. The van der Waals surface area contributed by atoms with Crippen molar-refractivity contribution in [3.05, 3.63) is 206 Å². The van der Waals surface area contributed by atoms with Gasteiger partial charge in [-0.05, 0) is 81.4 Å². The van der Waals surface area contributed by atoms with Gasteiger partial charge < -0.3 is 4.57 Å². The normalized spacial score (nSPS) is 11.9. The van der Waals surface area contributed by atoms with Gasteiger partial charge in [-0.1, -0.05) is 158 Å². The largest absolute Gasteiger partial charge is 0.309 e. The van der Waals surface area contributed by atoms with Gasteiger partial charge in [-0.25, -0.2) is 9.97 Å².